The van der Waals surface area contributed by atoms with Crippen LogP contribution in [0, 0.1) is 6.92 Å². The molecule has 0 aliphatic rings. The summed E-state index contributed by atoms with van der Waals surface area (Å²) in [5, 5.41) is 9.01. The Balaban J connectivity index is 2.89. The molecule has 0 saturated carbocycles. The van der Waals surface area contributed by atoms with Crippen molar-refractivity contribution in [2.75, 3.05) is 19.7 Å². The Labute approximate surface area is 127 Å². The van der Waals surface area contributed by atoms with Crippen molar-refractivity contribution in [2.24, 2.45) is 0 Å². The predicted molar refractivity (Wildman–Crippen MR) is 84.7 cm³/mol. The molecule has 1 atom stereocenters. The lowest BCUT2D eigenvalue weighted by atomic mass is 10.0. The van der Waals surface area contributed by atoms with Crippen LogP contribution in [-0.4, -0.2) is 41.7 Å². The zero-order valence-electron chi connectivity index (χ0n) is 13.7. The number of rotatable bonds is 7. The summed E-state index contributed by atoms with van der Waals surface area (Å²) in [6.45, 7) is 10.7. The van der Waals surface area contributed by atoms with Gasteiger partial charge in [-0.25, -0.2) is 0 Å². The number of nitrogens with zero attached hydrogens (tertiary/aromatic N) is 1. The molecule has 0 spiro atoms. The van der Waals surface area contributed by atoms with Crippen LogP contribution < -0.4 is 4.74 Å². The van der Waals surface area contributed by atoms with Crippen molar-refractivity contribution in [3.05, 3.63) is 29.3 Å². The number of aryl methyl sites for hydroxylation is 1. The van der Waals surface area contributed by atoms with E-state index < -0.39 is 6.10 Å². The average Bonchev–Trinajstić information content (AvgIpc) is 2.43. The number of carbonyl (C=O) groups excluding carboxylic acids is 1. The summed E-state index contributed by atoms with van der Waals surface area (Å²) < 4.78 is 5.91. The lowest BCUT2D eigenvalue weighted by molar-refractivity contribution is -0.138. The van der Waals surface area contributed by atoms with E-state index in [2.05, 4.69) is 26.0 Å². The van der Waals surface area contributed by atoms with Crippen LogP contribution in [0.4, 0.5) is 0 Å². The van der Waals surface area contributed by atoms with Crippen molar-refractivity contribution in [3.63, 3.8) is 0 Å². The highest BCUT2D eigenvalue weighted by atomic mass is 16.5. The maximum atomic E-state index is 12.3. The number of likely N-dealkylation sites (N-methyl/N-ethyl adjacent to an activating group) is 1. The Kier molecular flexibility index (Phi) is 6.69. The summed E-state index contributed by atoms with van der Waals surface area (Å²) in [6.07, 6.45) is -0.559. The van der Waals surface area contributed by atoms with Gasteiger partial charge in [0.2, 0.25) is 0 Å². The topological polar surface area (TPSA) is 49.8 Å². The highest BCUT2D eigenvalue weighted by Gasteiger charge is 2.22. The molecule has 118 valence electrons. The van der Waals surface area contributed by atoms with E-state index in [1.807, 2.05) is 19.9 Å². The van der Waals surface area contributed by atoms with Gasteiger partial charge in [-0.3, -0.25) is 4.79 Å². The highest BCUT2D eigenvalue weighted by molar-refractivity contribution is 5.81. The molecule has 21 heavy (non-hydrogen) atoms. The number of benzene rings is 1. The Bertz CT molecular complexity index is 471. The molecule has 0 fully saturated rings. The minimum absolute atomic E-state index is 0.0337. The quantitative estimate of drug-likeness (QED) is 0.841. The van der Waals surface area contributed by atoms with Crippen LogP contribution in [0.2, 0.25) is 0 Å². The Morgan fingerprint density at radius 2 is 2.00 bits per heavy atom. The van der Waals surface area contributed by atoms with Gasteiger partial charge in [-0.2, -0.15) is 0 Å². The number of hydrogen-bond acceptors (Lipinski definition) is 3. The van der Waals surface area contributed by atoms with E-state index in [0.29, 0.717) is 19.0 Å². The molecule has 1 N–H and O–H groups in total. The van der Waals surface area contributed by atoms with Gasteiger partial charge in [0.05, 0.1) is 6.61 Å². The molecule has 1 aromatic carbocycles. The zero-order chi connectivity index (χ0) is 16.0. The maximum Gasteiger partial charge on any atom is 0.263 e. The van der Waals surface area contributed by atoms with Crippen LogP contribution in [0.25, 0.3) is 0 Å². The number of carbonyl (C=O) groups is 1. The van der Waals surface area contributed by atoms with Gasteiger partial charge in [0.1, 0.15) is 5.75 Å². The smallest absolute Gasteiger partial charge is 0.263 e. The van der Waals surface area contributed by atoms with Crippen molar-refractivity contribution in [3.8, 4) is 5.75 Å². The second-order valence-corrected chi connectivity index (χ2v) is 5.60. The fourth-order valence-electron chi connectivity index (χ4n) is 2.26. The normalized spacial score (nSPS) is 12.3. The van der Waals surface area contributed by atoms with E-state index >= 15 is 0 Å². The van der Waals surface area contributed by atoms with Crippen LogP contribution in [0.1, 0.15) is 44.7 Å². The van der Waals surface area contributed by atoms with Gasteiger partial charge in [0.25, 0.3) is 5.91 Å². The van der Waals surface area contributed by atoms with Gasteiger partial charge in [-0.1, -0.05) is 26.0 Å². The van der Waals surface area contributed by atoms with Crippen LogP contribution >= 0.6 is 0 Å². The molecule has 0 aromatic heterocycles. The van der Waals surface area contributed by atoms with Crippen LogP contribution in [0.5, 0.6) is 5.75 Å². The van der Waals surface area contributed by atoms with Gasteiger partial charge in [-0.05, 0) is 43.9 Å². The molecule has 1 rings (SSSR count). The third-order valence-electron chi connectivity index (χ3n) is 3.51. The maximum absolute atomic E-state index is 12.3. The zero-order valence-corrected chi connectivity index (χ0v) is 13.7. The molecule has 0 bridgehead atoms. The SMILES string of the molecule is CCN(CCO)C(=O)C(C)Oc1cc(C)ccc1C(C)C. The fourth-order valence-corrected chi connectivity index (χ4v) is 2.26. The molecule has 4 nitrogen and oxygen atoms in total. The van der Waals surface area contributed by atoms with Gasteiger partial charge >= 0.3 is 0 Å². The molecule has 1 unspecified atom stereocenters. The molecule has 0 saturated heterocycles. The molecule has 4 heteroatoms. The minimum atomic E-state index is -0.559. The summed E-state index contributed by atoms with van der Waals surface area (Å²) in [6, 6.07) is 6.08. The second kappa shape index (κ2) is 8.03. The molecular formula is C17H27NO3. The third-order valence-corrected chi connectivity index (χ3v) is 3.51. The van der Waals surface area contributed by atoms with E-state index in [-0.39, 0.29) is 12.5 Å². The number of amides is 1. The molecule has 1 amide bonds. The average molecular weight is 293 g/mol. The molecule has 0 aliphatic heterocycles. The van der Waals surface area contributed by atoms with Gasteiger partial charge in [-0.15, -0.1) is 0 Å². The van der Waals surface area contributed by atoms with Crippen LogP contribution in [0.3, 0.4) is 0 Å². The first-order chi connectivity index (χ1) is 9.90. The standard InChI is InChI=1S/C17H27NO3/c1-6-18(9-10-19)17(20)14(5)21-16-11-13(4)7-8-15(16)12(2)3/h7-8,11-12,14,19H,6,9-10H2,1-5H3. The minimum Gasteiger partial charge on any atom is -0.481 e. The summed E-state index contributed by atoms with van der Waals surface area (Å²) in [7, 11) is 0. The van der Waals surface area contributed by atoms with Gasteiger partial charge in [0, 0.05) is 13.1 Å². The highest BCUT2D eigenvalue weighted by Crippen LogP contribution is 2.28. The predicted octanol–water partition coefficient (Wildman–Crippen LogP) is 2.73. The number of hydrogen-bond donors (Lipinski definition) is 1. The van der Waals surface area contributed by atoms with Crippen molar-refractivity contribution in [2.45, 2.75) is 46.6 Å². The summed E-state index contributed by atoms with van der Waals surface area (Å²) in [5.74, 6) is 1.01. The Morgan fingerprint density at radius 3 is 2.52 bits per heavy atom. The third kappa shape index (κ3) is 4.74. The first kappa shape index (κ1) is 17.5. The fraction of sp³-hybridized carbons (Fsp3) is 0.588. The lowest BCUT2D eigenvalue weighted by Gasteiger charge is -2.25. The van der Waals surface area contributed by atoms with E-state index in [1.54, 1.807) is 11.8 Å². The largest absolute Gasteiger partial charge is 0.481 e. The Morgan fingerprint density at radius 1 is 1.33 bits per heavy atom. The van der Waals surface area contributed by atoms with Crippen molar-refractivity contribution in [1.29, 1.82) is 0 Å². The molecule has 0 heterocycles. The second-order valence-electron chi connectivity index (χ2n) is 5.60. The van der Waals surface area contributed by atoms with E-state index in [4.69, 9.17) is 9.84 Å². The monoisotopic (exact) mass is 293 g/mol. The first-order valence-corrected chi connectivity index (χ1v) is 7.57. The number of ether oxygens (including phenoxy) is 1. The van der Waals surface area contributed by atoms with Crippen molar-refractivity contribution in [1.82, 2.24) is 4.90 Å². The number of aliphatic hydroxyl groups excluding tert-OH is 1. The summed E-state index contributed by atoms with van der Waals surface area (Å²) in [5.41, 5.74) is 2.21. The van der Waals surface area contributed by atoms with Crippen molar-refractivity contribution >= 4 is 5.91 Å². The first-order valence-electron chi connectivity index (χ1n) is 7.57. The van der Waals surface area contributed by atoms with E-state index in [0.717, 1.165) is 16.9 Å². The molecule has 0 aliphatic carbocycles. The summed E-state index contributed by atoms with van der Waals surface area (Å²) >= 11 is 0. The van der Waals surface area contributed by atoms with E-state index in [1.165, 1.54) is 0 Å². The lowest BCUT2D eigenvalue weighted by Crippen LogP contribution is -2.41. The van der Waals surface area contributed by atoms with E-state index in [9.17, 15) is 4.79 Å². The Hall–Kier alpha value is -1.55. The number of aliphatic hydroxyl groups is 1. The van der Waals surface area contributed by atoms with Crippen molar-refractivity contribution < 1.29 is 14.6 Å². The summed E-state index contributed by atoms with van der Waals surface area (Å²) in [4.78, 5) is 13.9. The molecule has 1 aromatic rings. The van der Waals surface area contributed by atoms with Crippen LogP contribution in [0.15, 0.2) is 18.2 Å². The molecule has 0 radical (unpaired) electrons. The molecular weight excluding hydrogens is 266 g/mol. The van der Waals surface area contributed by atoms with Crippen LogP contribution in [-0.2, 0) is 4.79 Å². The van der Waals surface area contributed by atoms with Gasteiger partial charge < -0.3 is 14.7 Å². The van der Waals surface area contributed by atoms with Gasteiger partial charge in [0.15, 0.2) is 6.10 Å².